The van der Waals surface area contributed by atoms with Crippen molar-refractivity contribution in [1.29, 1.82) is 0 Å². The first-order chi connectivity index (χ1) is 9.11. The van der Waals surface area contributed by atoms with Gasteiger partial charge in [-0.3, -0.25) is 0 Å². The number of aromatic nitrogens is 1. The minimum Gasteiger partial charge on any atom is -0.478 e. The molecule has 0 saturated carbocycles. The van der Waals surface area contributed by atoms with Gasteiger partial charge in [0.2, 0.25) is 0 Å². The number of carboxylic acids is 1. The molecule has 0 aliphatic rings. The lowest BCUT2D eigenvalue weighted by molar-refractivity contribution is 0.0696. The van der Waals surface area contributed by atoms with Crippen molar-refractivity contribution in [3.05, 3.63) is 23.4 Å². The van der Waals surface area contributed by atoms with Crippen LogP contribution >= 0.6 is 0 Å². The zero-order valence-electron chi connectivity index (χ0n) is 13.4. The molecule has 0 amide bonds. The van der Waals surface area contributed by atoms with Crippen molar-refractivity contribution in [2.45, 2.75) is 65.3 Å². The summed E-state index contributed by atoms with van der Waals surface area (Å²) in [5.41, 5.74) is 0.812. The molecule has 0 bridgehead atoms. The third-order valence-electron chi connectivity index (χ3n) is 3.83. The molecule has 0 spiro atoms. The maximum absolute atomic E-state index is 11.3. The molecular weight excluding hydrogens is 252 g/mol. The molecule has 1 heterocycles. The van der Waals surface area contributed by atoms with Gasteiger partial charge in [0.1, 0.15) is 5.82 Å². The fraction of sp³-hybridized carbons (Fsp3) is 0.625. The SMILES string of the molecule is CCC(C)(CC)Nc1cc(C(=O)O)cc(C(C)(C)C)n1. The molecule has 0 aromatic carbocycles. The Morgan fingerprint density at radius 3 is 2.15 bits per heavy atom. The Balaban J connectivity index is 3.26. The van der Waals surface area contributed by atoms with Crippen LogP contribution in [0.2, 0.25) is 0 Å². The average molecular weight is 278 g/mol. The van der Waals surface area contributed by atoms with Gasteiger partial charge in [0.25, 0.3) is 0 Å². The first kappa shape index (κ1) is 16.5. The molecule has 112 valence electrons. The van der Waals surface area contributed by atoms with Crippen molar-refractivity contribution < 1.29 is 9.90 Å². The monoisotopic (exact) mass is 278 g/mol. The van der Waals surface area contributed by atoms with E-state index in [1.807, 2.05) is 20.8 Å². The zero-order valence-corrected chi connectivity index (χ0v) is 13.4. The average Bonchev–Trinajstić information content (AvgIpc) is 2.37. The van der Waals surface area contributed by atoms with E-state index in [9.17, 15) is 9.90 Å². The molecule has 0 saturated heterocycles. The van der Waals surface area contributed by atoms with E-state index in [-0.39, 0.29) is 16.5 Å². The topological polar surface area (TPSA) is 62.2 Å². The largest absolute Gasteiger partial charge is 0.478 e. The lowest BCUT2D eigenvalue weighted by Crippen LogP contribution is -2.33. The summed E-state index contributed by atoms with van der Waals surface area (Å²) in [6.07, 6.45) is 1.90. The Hall–Kier alpha value is -1.58. The minimum atomic E-state index is -0.921. The second-order valence-electron chi connectivity index (χ2n) is 6.57. The highest BCUT2D eigenvalue weighted by atomic mass is 16.4. The number of hydrogen-bond acceptors (Lipinski definition) is 3. The van der Waals surface area contributed by atoms with E-state index in [2.05, 4.69) is 31.1 Å². The van der Waals surface area contributed by atoms with E-state index < -0.39 is 5.97 Å². The number of pyridine rings is 1. The number of nitrogens with one attached hydrogen (secondary N) is 1. The number of nitrogens with zero attached hydrogens (tertiary/aromatic N) is 1. The first-order valence-electron chi connectivity index (χ1n) is 7.15. The van der Waals surface area contributed by atoms with Gasteiger partial charge in [-0.1, -0.05) is 34.6 Å². The van der Waals surface area contributed by atoms with Crippen molar-refractivity contribution in [3.8, 4) is 0 Å². The van der Waals surface area contributed by atoms with E-state index in [0.29, 0.717) is 5.82 Å². The molecular formula is C16H26N2O2. The van der Waals surface area contributed by atoms with Gasteiger partial charge in [-0.2, -0.15) is 0 Å². The summed E-state index contributed by atoms with van der Waals surface area (Å²) in [5, 5.41) is 12.6. The Morgan fingerprint density at radius 1 is 1.20 bits per heavy atom. The highest BCUT2D eigenvalue weighted by Crippen LogP contribution is 2.26. The van der Waals surface area contributed by atoms with E-state index in [1.54, 1.807) is 12.1 Å². The number of carbonyl (C=O) groups is 1. The summed E-state index contributed by atoms with van der Waals surface area (Å²) in [7, 11) is 0. The van der Waals surface area contributed by atoms with E-state index in [0.717, 1.165) is 18.5 Å². The quantitative estimate of drug-likeness (QED) is 0.852. The molecule has 0 fully saturated rings. The third-order valence-corrected chi connectivity index (χ3v) is 3.83. The number of hydrogen-bond donors (Lipinski definition) is 2. The number of rotatable bonds is 5. The second-order valence-corrected chi connectivity index (χ2v) is 6.57. The molecule has 4 nitrogen and oxygen atoms in total. The van der Waals surface area contributed by atoms with Crippen LogP contribution in [-0.2, 0) is 5.41 Å². The summed E-state index contributed by atoms with van der Waals surface area (Å²) in [5.74, 6) is -0.281. The Bertz CT molecular complexity index is 486. The summed E-state index contributed by atoms with van der Waals surface area (Å²) in [6, 6.07) is 3.27. The third kappa shape index (κ3) is 3.95. The predicted molar refractivity (Wildman–Crippen MR) is 82.5 cm³/mol. The van der Waals surface area contributed by atoms with Crippen LogP contribution in [0.1, 0.15) is 70.4 Å². The lowest BCUT2D eigenvalue weighted by atomic mass is 9.90. The van der Waals surface area contributed by atoms with Crippen LogP contribution in [0.15, 0.2) is 12.1 Å². The number of anilines is 1. The van der Waals surface area contributed by atoms with Crippen LogP contribution in [-0.4, -0.2) is 21.6 Å². The molecule has 1 aromatic heterocycles. The Morgan fingerprint density at radius 2 is 1.75 bits per heavy atom. The highest BCUT2D eigenvalue weighted by molar-refractivity contribution is 5.88. The number of aromatic carboxylic acids is 1. The Kier molecular flexibility index (Phi) is 4.79. The molecule has 0 radical (unpaired) electrons. The summed E-state index contributed by atoms with van der Waals surface area (Å²) >= 11 is 0. The zero-order chi connectivity index (χ0) is 15.6. The highest BCUT2D eigenvalue weighted by Gasteiger charge is 2.23. The van der Waals surface area contributed by atoms with Crippen LogP contribution in [0, 0.1) is 0 Å². The second kappa shape index (κ2) is 5.81. The molecule has 1 aromatic rings. The predicted octanol–water partition coefficient (Wildman–Crippen LogP) is 4.07. The van der Waals surface area contributed by atoms with E-state index in [1.165, 1.54) is 0 Å². The molecule has 1 rings (SSSR count). The van der Waals surface area contributed by atoms with Gasteiger partial charge < -0.3 is 10.4 Å². The molecule has 0 aliphatic carbocycles. The van der Waals surface area contributed by atoms with Gasteiger partial charge in [0.05, 0.1) is 5.56 Å². The van der Waals surface area contributed by atoms with Crippen LogP contribution in [0.5, 0.6) is 0 Å². The van der Waals surface area contributed by atoms with E-state index >= 15 is 0 Å². The standard InChI is InChI=1S/C16H26N2O2/c1-7-16(6,8-2)18-13-10-11(14(19)20)9-12(17-13)15(3,4)5/h9-10H,7-8H2,1-6H3,(H,17,18)(H,19,20). The molecule has 20 heavy (non-hydrogen) atoms. The van der Waals surface area contributed by atoms with Crippen molar-refractivity contribution in [3.63, 3.8) is 0 Å². The van der Waals surface area contributed by atoms with Crippen LogP contribution < -0.4 is 5.32 Å². The molecule has 2 N–H and O–H groups in total. The molecule has 0 aliphatic heterocycles. The van der Waals surface area contributed by atoms with Crippen molar-refractivity contribution in [1.82, 2.24) is 4.98 Å². The minimum absolute atomic E-state index is 0.0702. The van der Waals surface area contributed by atoms with Gasteiger partial charge in [-0.25, -0.2) is 9.78 Å². The summed E-state index contributed by atoms with van der Waals surface area (Å²) in [6.45, 7) is 12.4. The molecule has 4 heteroatoms. The Labute approximate surface area is 121 Å². The van der Waals surface area contributed by atoms with Crippen molar-refractivity contribution >= 4 is 11.8 Å². The fourth-order valence-corrected chi connectivity index (χ4v) is 1.84. The van der Waals surface area contributed by atoms with Gasteiger partial charge in [0, 0.05) is 16.6 Å². The summed E-state index contributed by atoms with van der Waals surface area (Å²) < 4.78 is 0. The van der Waals surface area contributed by atoms with Crippen molar-refractivity contribution in [2.24, 2.45) is 0 Å². The maximum Gasteiger partial charge on any atom is 0.335 e. The smallest absolute Gasteiger partial charge is 0.335 e. The van der Waals surface area contributed by atoms with Gasteiger partial charge >= 0.3 is 5.97 Å². The first-order valence-corrected chi connectivity index (χ1v) is 7.15. The van der Waals surface area contributed by atoms with E-state index in [4.69, 9.17) is 0 Å². The van der Waals surface area contributed by atoms with Crippen LogP contribution in [0.25, 0.3) is 0 Å². The number of carboxylic acid groups (broad SMARTS) is 1. The van der Waals surface area contributed by atoms with Gasteiger partial charge in [0.15, 0.2) is 0 Å². The van der Waals surface area contributed by atoms with Crippen LogP contribution in [0.4, 0.5) is 5.82 Å². The fourth-order valence-electron chi connectivity index (χ4n) is 1.84. The molecule has 0 atom stereocenters. The molecule has 0 unspecified atom stereocenters. The summed E-state index contributed by atoms with van der Waals surface area (Å²) in [4.78, 5) is 15.9. The maximum atomic E-state index is 11.3. The van der Waals surface area contributed by atoms with Crippen molar-refractivity contribution in [2.75, 3.05) is 5.32 Å². The van der Waals surface area contributed by atoms with Gasteiger partial charge in [-0.15, -0.1) is 0 Å². The van der Waals surface area contributed by atoms with Gasteiger partial charge in [-0.05, 0) is 31.9 Å². The van der Waals surface area contributed by atoms with Crippen LogP contribution in [0.3, 0.4) is 0 Å². The lowest BCUT2D eigenvalue weighted by Gasteiger charge is -2.30. The normalized spacial score (nSPS) is 12.3.